The third-order valence-corrected chi connectivity index (χ3v) is 21.1. The molecular weight excluding hydrogens is 1430 g/mol. The van der Waals surface area contributed by atoms with Crippen molar-refractivity contribution in [2.45, 2.75) is 102 Å². The lowest BCUT2D eigenvalue weighted by Gasteiger charge is -2.21. The van der Waals surface area contributed by atoms with Gasteiger partial charge < -0.3 is 0 Å². The standard InChI is InChI=1S/C23H22F6N2.C22H23F3N2.C22H21F2N3.C21H22F2N2/c1-13-8-6-10-18(30(13)4)20-15(3)21(19-11-7-9-14(2)31(19)5)17(23(27,28)29)12-16(20)22(24,25)26;1-14-8-6-10-20(26(14)4)18-12-17(22(23,24)25)13-19(16(18)3)21-11-7-9-15(2)27(21)5;1-13-9-7-11-16(26(13)5)18-15(3)19(21(24)22(25-4)20(18)23)17-12-8-10-14(2)27(17)6;1-13-8-6-10-18(24(13)4)20-15(3)21(17(23)12-16(20)22)19-11-7-9-14(2)25(19)5/h6-12H,1-5H3;6-13H,1-5H3;7-12H,1-3,5-6H3;6-12H,1-5H3/q4*+2. The molecule has 12 rings (SSSR count). The molecule has 8 heterocycles. The maximum Gasteiger partial charge on any atom is 0.417 e. The Balaban J connectivity index is 0.000000169. The average Bonchev–Trinajstić information content (AvgIpc) is 0.738. The van der Waals surface area contributed by atoms with Gasteiger partial charge >= 0.3 is 18.5 Å². The lowest BCUT2D eigenvalue weighted by atomic mass is 9.87. The molecule has 8 aromatic heterocycles. The molecule has 0 radical (unpaired) electrons. The second-order valence-corrected chi connectivity index (χ2v) is 27.6. The molecule has 9 nitrogen and oxygen atoms in total. The normalized spacial score (nSPS) is 11.5. The third kappa shape index (κ3) is 16.3. The molecule has 0 aliphatic carbocycles. The summed E-state index contributed by atoms with van der Waals surface area (Å²) in [6.45, 7) is 29.1. The van der Waals surface area contributed by atoms with Gasteiger partial charge in [-0.2, -0.15) is 76.1 Å². The van der Waals surface area contributed by atoms with Gasteiger partial charge in [-0.3, -0.25) is 0 Å². The molecular formula is C88H88F13N9+8. The summed E-state index contributed by atoms with van der Waals surface area (Å²) < 4.78 is 199. The highest BCUT2D eigenvalue weighted by Crippen LogP contribution is 2.48. The molecule has 12 aromatic rings. The van der Waals surface area contributed by atoms with Gasteiger partial charge in [-0.05, 0) is 117 Å². The first kappa shape index (κ1) is 82.7. The van der Waals surface area contributed by atoms with Crippen LogP contribution in [-0.4, -0.2) is 0 Å². The molecule has 0 saturated carbocycles. The molecule has 110 heavy (non-hydrogen) atoms. The number of aromatic nitrogens is 8. The van der Waals surface area contributed by atoms with Crippen LogP contribution in [-0.2, 0) is 74.9 Å². The van der Waals surface area contributed by atoms with Gasteiger partial charge in [-0.25, -0.2) is 22.4 Å². The van der Waals surface area contributed by atoms with Crippen molar-refractivity contribution in [1.82, 2.24) is 0 Å². The summed E-state index contributed by atoms with van der Waals surface area (Å²) in [5, 5.41) is 0. The minimum atomic E-state index is -4.97. The van der Waals surface area contributed by atoms with Crippen LogP contribution in [0.15, 0.2) is 170 Å². The number of nitrogens with zero attached hydrogens (tertiary/aromatic N) is 9. The van der Waals surface area contributed by atoms with Crippen LogP contribution in [0.3, 0.4) is 0 Å². The van der Waals surface area contributed by atoms with Crippen LogP contribution in [0.25, 0.3) is 94.9 Å². The third-order valence-electron chi connectivity index (χ3n) is 21.1. The number of halogens is 13. The lowest BCUT2D eigenvalue weighted by molar-refractivity contribution is -0.667. The Hall–Kier alpha value is -11.3. The van der Waals surface area contributed by atoms with Crippen LogP contribution < -0.4 is 36.5 Å². The Bertz CT molecular complexity index is 5340. The average molecular weight is 1520 g/mol. The number of alkyl halides is 9. The van der Waals surface area contributed by atoms with Gasteiger partial charge in [0, 0.05) is 159 Å². The Labute approximate surface area is 633 Å². The van der Waals surface area contributed by atoms with Crippen molar-refractivity contribution in [2.24, 2.45) is 56.4 Å². The van der Waals surface area contributed by atoms with E-state index < -0.39 is 64.2 Å². The first-order valence-corrected chi connectivity index (χ1v) is 35.1. The largest absolute Gasteiger partial charge is 0.417 e. The number of hydrogen-bond donors (Lipinski definition) is 0. The highest BCUT2D eigenvalue weighted by molar-refractivity contribution is 5.82. The fraction of sp³-hybridized carbons (Fsp3) is 0.261. The molecule has 0 fully saturated rings. The molecule has 0 amide bonds. The highest BCUT2D eigenvalue weighted by atomic mass is 19.4. The zero-order valence-electron chi connectivity index (χ0n) is 65.1. The molecule has 568 valence electrons. The van der Waals surface area contributed by atoms with Crippen LogP contribution in [0, 0.1) is 113 Å². The summed E-state index contributed by atoms with van der Waals surface area (Å²) in [5.41, 5.74) is 11.8. The van der Waals surface area contributed by atoms with E-state index in [1.54, 1.807) is 87.3 Å². The number of aryl methyl sites for hydroxylation is 8. The van der Waals surface area contributed by atoms with E-state index in [2.05, 4.69) is 4.85 Å². The molecule has 0 bridgehead atoms. The molecule has 0 spiro atoms. The number of benzene rings is 4. The maximum absolute atomic E-state index is 15.2. The SMILES string of the molecule is Cc1c(-c2cccc(C)[n+]2C)c(C(F)(F)F)cc(C(F)(F)F)c1-c1cccc(C)[n+]1C.Cc1c(-c2cccc(C)[n+]2C)c(F)cc(F)c1-c1cccc(C)[n+]1C.Cc1c(-c2cccc(C)[n+]2C)cc(C(F)(F)F)cc1-c1cccc(C)[n+]1C.[C-]#[N+]c1c(F)c(-c2cccc(C)[n+]2C)c(C)c(-c2cccc(C)[n+]2C)c1F. The van der Waals surface area contributed by atoms with Crippen LogP contribution in [0.5, 0.6) is 0 Å². The molecule has 22 heteroatoms. The number of hydrogen-bond acceptors (Lipinski definition) is 0. The van der Waals surface area contributed by atoms with Gasteiger partial charge in [0.05, 0.1) is 67.8 Å². The first-order chi connectivity index (χ1) is 51.5. The predicted molar refractivity (Wildman–Crippen MR) is 397 cm³/mol. The molecule has 0 aliphatic heterocycles. The summed E-state index contributed by atoms with van der Waals surface area (Å²) >= 11 is 0. The van der Waals surface area contributed by atoms with Crippen LogP contribution in [0.2, 0.25) is 0 Å². The van der Waals surface area contributed by atoms with Crippen LogP contribution >= 0.6 is 0 Å². The Morgan fingerprint density at radius 2 is 0.482 bits per heavy atom. The molecule has 0 aliphatic rings. The highest BCUT2D eigenvalue weighted by Gasteiger charge is 2.45. The Kier molecular flexibility index (Phi) is 24.4. The minimum Gasteiger partial charge on any atom is -0.232 e. The molecule has 0 saturated heterocycles. The van der Waals surface area contributed by atoms with Crippen molar-refractivity contribution in [2.75, 3.05) is 0 Å². The van der Waals surface area contributed by atoms with Crippen molar-refractivity contribution in [3.8, 4) is 90.1 Å². The first-order valence-electron chi connectivity index (χ1n) is 35.1. The number of pyridine rings is 8. The van der Waals surface area contributed by atoms with Crippen LogP contribution in [0.1, 0.15) is 84.5 Å². The monoisotopic (exact) mass is 1520 g/mol. The van der Waals surface area contributed by atoms with Crippen LogP contribution in [0.4, 0.5) is 62.8 Å². The van der Waals surface area contributed by atoms with Crippen molar-refractivity contribution >= 4 is 5.69 Å². The summed E-state index contributed by atoms with van der Waals surface area (Å²) in [5.74, 6) is -2.73. The van der Waals surface area contributed by atoms with E-state index >= 15 is 8.78 Å². The summed E-state index contributed by atoms with van der Waals surface area (Å²) in [4.78, 5) is 3.17. The zero-order valence-corrected chi connectivity index (χ0v) is 65.1. The Morgan fingerprint density at radius 1 is 0.264 bits per heavy atom. The maximum atomic E-state index is 15.2. The molecule has 0 N–H and O–H groups in total. The van der Waals surface area contributed by atoms with Gasteiger partial charge in [0.1, 0.15) is 79.7 Å². The fourth-order valence-electron chi connectivity index (χ4n) is 13.8. The van der Waals surface area contributed by atoms with Gasteiger partial charge in [0.15, 0.2) is 45.6 Å². The summed E-state index contributed by atoms with van der Waals surface area (Å²) in [6, 6.07) is 47.1. The fourth-order valence-corrected chi connectivity index (χ4v) is 13.8. The van der Waals surface area contributed by atoms with E-state index in [4.69, 9.17) is 6.57 Å². The quantitative estimate of drug-likeness (QED) is 0.0826. The Morgan fingerprint density at radius 3 is 0.727 bits per heavy atom. The number of rotatable bonds is 8. The van der Waals surface area contributed by atoms with Gasteiger partial charge in [-0.1, -0.05) is 0 Å². The summed E-state index contributed by atoms with van der Waals surface area (Å²) in [6.07, 6.45) is -14.4. The molecule has 4 aromatic carbocycles. The van der Waals surface area contributed by atoms with E-state index in [1.807, 2.05) is 215 Å². The lowest BCUT2D eigenvalue weighted by Crippen LogP contribution is -2.36. The summed E-state index contributed by atoms with van der Waals surface area (Å²) in [7, 11) is 14.4. The van der Waals surface area contributed by atoms with Gasteiger partial charge in [-0.15, -0.1) is 0 Å². The second kappa shape index (κ2) is 32.5. The molecule has 0 atom stereocenters. The van der Waals surface area contributed by atoms with Gasteiger partial charge in [0.25, 0.3) is 5.69 Å². The predicted octanol–water partition coefficient (Wildman–Crippen LogP) is 18.5. The van der Waals surface area contributed by atoms with Crippen molar-refractivity contribution in [3.05, 3.63) is 289 Å². The van der Waals surface area contributed by atoms with E-state index in [9.17, 15) is 48.3 Å². The van der Waals surface area contributed by atoms with E-state index in [-0.39, 0.29) is 45.3 Å². The molecule has 0 unspecified atom stereocenters. The topological polar surface area (TPSA) is 35.4 Å². The second-order valence-electron chi connectivity index (χ2n) is 27.6. The van der Waals surface area contributed by atoms with E-state index in [0.29, 0.717) is 56.2 Å². The van der Waals surface area contributed by atoms with E-state index in [1.165, 1.54) is 31.2 Å². The van der Waals surface area contributed by atoms with Gasteiger partial charge in [0.2, 0.25) is 45.6 Å². The minimum absolute atomic E-state index is 0.0791. The van der Waals surface area contributed by atoms with Crippen molar-refractivity contribution in [1.29, 1.82) is 0 Å². The van der Waals surface area contributed by atoms with E-state index in [0.717, 1.165) is 68.6 Å². The van der Waals surface area contributed by atoms with Crippen molar-refractivity contribution < 1.29 is 93.6 Å². The smallest absolute Gasteiger partial charge is 0.232 e. The van der Waals surface area contributed by atoms with Crippen molar-refractivity contribution in [3.63, 3.8) is 0 Å². The zero-order chi connectivity index (χ0) is 81.4.